The Morgan fingerprint density at radius 3 is 1.32 bits per heavy atom. The fourth-order valence-corrected chi connectivity index (χ4v) is 1.11. The SMILES string of the molecule is O=S(=O)(O)O.OCCNc1ccc(NCCO)cc1. The van der Waals surface area contributed by atoms with Gasteiger partial charge in [0, 0.05) is 24.5 Å². The number of aliphatic hydroxyl groups is 2. The van der Waals surface area contributed by atoms with Crippen molar-refractivity contribution in [3.63, 3.8) is 0 Å². The molecule has 0 bridgehead atoms. The Hall–Kier alpha value is -1.39. The third-order valence-electron chi connectivity index (χ3n) is 1.77. The van der Waals surface area contributed by atoms with Crippen molar-refractivity contribution in [3.8, 4) is 0 Å². The Kier molecular flexibility index (Phi) is 8.83. The highest BCUT2D eigenvalue weighted by atomic mass is 32.3. The maximum atomic E-state index is 8.74. The number of benzene rings is 1. The molecule has 0 aromatic heterocycles. The number of anilines is 2. The zero-order valence-electron chi connectivity index (χ0n) is 10.2. The van der Waals surface area contributed by atoms with Gasteiger partial charge in [0.05, 0.1) is 13.2 Å². The van der Waals surface area contributed by atoms with Crippen LogP contribution in [0.15, 0.2) is 24.3 Å². The van der Waals surface area contributed by atoms with Crippen molar-refractivity contribution < 1.29 is 27.7 Å². The fraction of sp³-hybridized carbons (Fsp3) is 0.400. The summed E-state index contributed by atoms with van der Waals surface area (Å²) in [7, 11) is -4.67. The molecular weight excluding hydrogens is 276 g/mol. The molecule has 0 fully saturated rings. The lowest BCUT2D eigenvalue weighted by Gasteiger charge is -2.07. The first-order valence-electron chi connectivity index (χ1n) is 5.36. The van der Waals surface area contributed by atoms with Gasteiger partial charge in [0.15, 0.2) is 0 Å². The van der Waals surface area contributed by atoms with Crippen LogP contribution in [0.4, 0.5) is 11.4 Å². The van der Waals surface area contributed by atoms with Crippen LogP contribution < -0.4 is 10.6 Å². The fourth-order valence-electron chi connectivity index (χ4n) is 1.11. The molecule has 1 aromatic rings. The molecule has 0 aliphatic heterocycles. The minimum absolute atomic E-state index is 0.129. The van der Waals surface area contributed by atoms with E-state index in [2.05, 4.69) is 10.6 Å². The van der Waals surface area contributed by atoms with Crippen LogP contribution in [0, 0.1) is 0 Å². The lowest BCUT2D eigenvalue weighted by Crippen LogP contribution is -2.07. The summed E-state index contributed by atoms with van der Waals surface area (Å²) in [6, 6.07) is 7.70. The van der Waals surface area contributed by atoms with Crippen LogP contribution in [0.2, 0.25) is 0 Å². The minimum Gasteiger partial charge on any atom is -0.395 e. The van der Waals surface area contributed by atoms with Crippen LogP contribution in [-0.4, -0.2) is 54.0 Å². The van der Waals surface area contributed by atoms with E-state index >= 15 is 0 Å². The molecule has 0 radical (unpaired) electrons. The van der Waals surface area contributed by atoms with Gasteiger partial charge < -0.3 is 20.8 Å². The molecule has 19 heavy (non-hydrogen) atoms. The standard InChI is InChI=1S/C10H16N2O2.H2O4S/c13-7-5-11-9-1-2-10(4-3-9)12-6-8-14;1-5(2,3)4/h1-4,11-14H,5-8H2;(H2,1,2,3,4). The lowest BCUT2D eigenvalue weighted by molar-refractivity contribution is 0.310. The first-order chi connectivity index (χ1) is 8.86. The molecule has 110 valence electrons. The molecule has 0 saturated carbocycles. The molecule has 0 atom stereocenters. The number of aliphatic hydroxyl groups excluding tert-OH is 2. The van der Waals surface area contributed by atoms with Crippen molar-refractivity contribution in [1.29, 1.82) is 0 Å². The van der Waals surface area contributed by atoms with Gasteiger partial charge in [-0.25, -0.2) is 0 Å². The van der Waals surface area contributed by atoms with E-state index in [0.717, 1.165) is 11.4 Å². The summed E-state index contributed by atoms with van der Waals surface area (Å²) in [5, 5.41) is 23.3. The van der Waals surface area contributed by atoms with Crippen molar-refractivity contribution in [2.24, 2.45) is 0 Å². The molecule has 0 heterocycles. The van der Waals surface area contributed by atoms with Crippen LogP contribution in [0.25, 0.3) is 0 Å². The van der Waals surface area contributed by atoms with E-state index in [1.807, 2.05) is 24.3 Å². The summed E-state index contributed by atoms with van der Waals surface area (Å²) < 4.78 is 31.6. The summed E-state index contributed by atoms with van der Waals surface area (Å²) in [6.07, 6.45) is 0. The summed E-state index contributed by atoms with van der Waals surface area (Å²) in [5.41, 5.74) is 1.96. The van der Waals surface area contributed by atoms with E-state index in [1.165, 1.54) is 0 Å². The van der Waals surface area contributed by atoms with Crippen molar-refractivity contribution in [1.82, 2.24) is 0 Å². The zero-order chi connectivity index (χ0) is 14.7. The Morgan fingerprint density at radius 2 is 1.11 bits per heavy atom. The summed E-state index contributed by atoms with van der Waals surface area (Å²) in [5.74, 6) is 0. The van der Waals surface area contributed by atoms with E-state index in [4.69, 9.17) is 27.7 Å². The predicted octanol–water partition coefficient (Wildman–Crippen LogP) is -0.158. The molecule has 0 aliphatic carbocycles. The van der Waals surface area contributed by atoms with Gasteiger partial charge in [-0.15, -0.1) is 0 Å². The molecule has 8 nitrogen and oxygen atoms in total. The third kappa shape index (κ3) is 12.9. The largest absolute Gasteiger partial charge is 0.395 e. The monoisotopic (exact) mass is 294 g/mol. The first-order valence-corrected chi connectivity index (χ1v) is 6.76. The molecule has 0 unspecified atom stereocenters. The molecule has 0 aliphatic rings. The molecule has 9 heteroatoms. The van der Waals surface area contributed by atoms with Crippen molar-refractivity contribution >= 4 is 21.8 Å². The highest BCUT2D eigenvalue weighted by molar-refractivity contribution is 7.79. The van der Waals surface area contributed by atoms with E-state index < -0.39 is 10.4 Å². The van der Waals surface area contributed by atoms with Crippen LogP contribution >= 0.6 is 0 Å². The second-order valence-corrected chi connectivity index (χ2v) is 4.22. The number of nitrogens with one attached hydrogen (secondary N) is 2. The van der Waals surface area contributed by atoms with Crippen molar-refractivity contribution in [2.45, 2.75) is 0 Å². The molecule has 0 saturated heterocycles. The van der Waals surface area contributed by atoms with Crippen LogP contribution in [0.5, 0.6) is 0 Å². The summed E-state index contributed by atoms with van der Waals surface area (Å²) in [6.45, 7) is 1.38. The molecular formula is C10H18N2O6S. The molecule has 1 aromatic carbocycles. The number of hydrogen-bond donors (Lipinski definition) is 6. The van der Waals surface area contributed by atoms with Gasteiger partial charge in [0.1, 0.15) is 0 Å². The second-order valence-electron chi connectivity index (χ2n) is 3.33. The molecule has 0 spiro atoms. The van der Waals surface area contributed by atoms with Gasteiger partial charge in [-0.2, -0.15) is 8.42 Å². The quantitative estimate of drug-likeness (QED) is 0.398. The van der Waals surface area contributed by atoms with Crippen LogP contribution in [-0.2, 0) is 10.4 Å². The average molecular weight is 294 g/mol. The zero-order valence-corrected chi connectivity index (χ0v) is 11.0. The molecule has 6 N–H and O–H groups in total. The van der Waals surface area contributed by atoms with Gasteiger partial charge in [-0.3, -0.25) is 9.11 Å². The van der Waals surface area contributed by atoms with Gasteiger partial charge >= 0.3 is 10.4 Å². The Morgan fingerprint density at radius 1 is 0.842 bits per heavy atom. The highest BCUT2D eigenvalue weighted by Gasteiger charge is 1.92. The Bertz CT molecular complexity index is 399. The van der Waals surface area contributed by atoms with E-state index in [9.17, 15) is 0 Å². The number of rotatable bonds is 6. The number of hydrogen-bond acceptors (Lipinski definition) is 6. The first kappa shape index (κ1) is 17.6. The molecule has 0 amide bonds. The van der Waals surface area contributed by atoms with Gasteiger partial charge in [0.2, 0.25) is 0 Å². The van der Waals surface area contributed by atoms with Gasteiger partial charge in [-0.1, -0.05) is 0 Å². The van der Waals surface area contributed by atoms with Gasteiger partial charge in [-0.05, 0) is 24.3 Å². The maximum Gasteiger partial charge on any atom is 0.394 e. The highest BCUT2D eigenvalue weighted by Crippen LogP contribution is 2.12. The van der Waals surface area contributed by atoms with Crippen molar-refractivity contribution in [3.05, 3.63) is 24.3 Å². The minimum atomic E-state index is -4.67. The van der Waals surface area contributed by atoms with Crippen LogP contribution in [0.3, 0.4) is 0 Å². The normalized spacial score (nSPS) is 10.3. The average Bonchev–Trinajstić information content (AvgIpc) is 2.33. The smallest absolute Gasteiger partial charge is 0.394 e. The maximum absolute atomic E-state index is 8.74. The summed E-state index contributed by atoms with van der Waals surface area (Å²) in [4.78, 5) is 0. The van der Waals surface area contributed by atoms with Gasteiger partial charge in [0.25, 0.3) is 0 Å². The predicted molar refractivity (Wildman–Crippen MR) is 71.8 cm³/mol. The topological polar surface area (TPSA) is 139 Å². The van der Waals surface area contributed by atoms with Crippen LogP contribution in [0.1, 0.15) is 0 Å². The Balaban J connectivity index is 0.000000555. The second kappa shape index (κ2) is 9.53. The lowest BCUT2D eigenvalue weighted by atomic mass is 10.3. The van der Waals surface area contributed by atoms with Crippen molar-refractivity contribution in [2.75, 3.05) is 36.9 Å². The van der Waals surface area contributed by atoms with E-state index in [0.29, 0.717) is 13.1 Å². The van der Waals surface area contributed by atoms with E-state index in [1.54, 1.807) is 0 Å². The van der Waals surface area contributed by atoms with E-state index in [-0.39, 0.29) is 13.2 Å². The Labute approximate surface area is 111 Å². The summed E-state index contributed by atoms with van der Waals surface area (Å²) >= 11 is 0. The molecule has 1 rings (SSSR count). The third-order valence-corrected chi connectivity index (χ3v) is 1.77.